The Bertz CT molecular complexity index is 1020. The lowest BCUT2D eigenvalue weighted by Crippen LogP contribution is -2.13. The van der Waals surface area contributed by atoms with E-state index in [-0.39, 0.29) is 17.0 Å². The quantitative estimate of drug-likeness (QED) is 0.278. The third-order valence-corrected chi connectivity index (χ3v) is 6.30. The van der Waals surface area contributed by atoms with Crippen LogP contribution in [0.3, 0.4) is 0 Å². The average molecular weight is 516 g/mol. The molecule has 30 heavy (non-hydrogen) atoms. The highest BCUT2D eigenvalue weighted by Gasteiger charge is 2.13. The molecule has 0 radical (unpaired) electrons. The molecule has 0 aliphatic carbocycles. The van der Waals surface area contributed by atoms with Crippen molar-refractivity contribution in [2.45, 2.75) is 13.2 Å². The third-order valence-electron chi connectivity index (χ3n) is 3.95. The van der Waals surface area contributed by atoms with Crippen LogP contribution in [-0.4, -0.2) is 51.1 Å². The van der Waals surface area contributed by atoms with E-state index in [1.807, 2.05) is 30.5 Å². The second-order valence-electron chi connectivity index (χ2n) is 6.16. The van der Waals surface area contributed by atoms with Gasteiger partial charge in [-0.15, -0.1) is 0 Å². The molecule has 0 bridgehead atoms. The lowest BCUT2D eigenvalue weighted by atomic mass is 10.2. The Morgan fingerprint density at radius 2 is 2.20 bits per heavy atom. The van der Waals surface area contributed by atoms with Crippen LogP contribution >= 0.6 is 36.1 Å². The number of nitrogens with one attached hydrogen (secondary N) is 1. The predicted octanol–water partition coefficient (Wildman–Crippen LogP) is 3.35. The fourth-order valence-electron chi connectivity index (χ4n) is 2.54. The number of nitrogens with zero attached hydrogens (tertiary/aromatic N) is 3. The summed E-state index contributed by atoms with van der Waals surface area (Å²) >= 11 is 5.18. The van der Waals surface area contributed by atoms with E-state index in [0.29, 0.717) is 38.4 Å². The van der Waals surface area contributed by atoms with Crippen LogP contribution in [0.5, 0.6) is 0 Å². The average Bonchev–Trinajstić information content (AvgIpc) is 3.12. The number of aromatic nitrogens is 4. The highest BCUT2D eigenvalue weighted by molar-refractivity contribution is 9.10. The van der Waals surface area contributed by atoms with Gasteiger partial charge in [-0.05, 0) is 24.0 Å². The minimum Gasteiger partial charge on any atom is -0.370 e. The number of hydrogen-bond acceptors (Lipinski definition) is 8. The van der Waals surface area contributed by atoms with E-state index < -0.39 is 8.38 Å². The number of fused-ring (bicyclic) bond motifs is 1. The smallest absolute Gasteiger partial charge is 0.280 e. The van der Waals surface area contributed by atoms with Crippen LogP contribution in [0.25, 0.3) is 11.2 Å². The van der Waals surface area contributed by atoms with Crippen molar-refractivity contribution in [3.8, 4) is 0 Å². The highest BCUT2D eigenvalue weighted by Crippen LogP contribution is 2.39. The number of rotatable bonds is 12. The molecule has 9 nitrogen and oxygen atoms in total. The molecule has 0 fully saturated rings. The minimum atomic E-state index is -1.19. The van der Waals surface area contributed by atoms with Crippen molar-refractivity contribution in [2.75, 3.05) is 37.3 Å². The van der Waals surface area contributed by atoms with Gasteiger partial charge in [-0.1, -0.05) is 28.1 Å². The molecule has 2 aromatic heterocycles. The summed E-state index contributed by atoms with van der Waals surface area (Å²) < 4.78 is 20.4. The molecule has 0 spiro atoms. The van der Waals surface area contributed by atoms with E-state index in [1.54, 1.807) is 22.7 Å². The number of halogens is 1. The SMILES string of the molecule is CSCCOP(COCCn1cnc2c(=O)[nH]c(N)nc21)OCc1cccc(Br)c1. The molecular weight excluding hydrogens is 493 g/mol. The minimum absolute atomic E-state index is 0.0573. The van der Waals surface area contributed by atoms with Crippen molar-refractivity contribution in [3.05, 3.63) is 51.0 Å². The van der Waals surface area contributed by atoms with Crippen LogP contribution in [0.1, 0.15) is 5.56 Å². The lowest BCUT2D eigenvalue weighted by Gasteiger charge is -2.18. The van der Waals surface area contributed by atoms with Gasteiger partial charge in [-0.3, -0.25) is 9.78 Å². The Balaban J connectivity index is 1.51. The molecule has 0 aliphatic heterocycles. The van der Waals surface area contributed by atoms with E-state index >= 15 is 0 Å². The second kappa shape index (κ2) is 11.8. The van der Waals surface area contributed by atoms with Crippen LogP contribution < -0.4 is 11.3 Å². The summed E-state index contributed by atoms with van der Waals surface area (Å²) in [5.41, 5.74) is 7.01. The molecule has 12 heteroatoms. The van der Waals surface area contributed by atoms with Crippen molar-refractivity contribution in [1.29, 1.82) is 0 Å². The summed E-state index contributed by atoms with van der Waals surface area (Å²) in [6.07, 6.45) is 3.93. The van der Waals surface area contributed by atoms with Crippen molar-refractivity contribution in [3.63, 3.8) is 0 Å². The van der Waals surface area contributed by atoms with Crippen molar-refractivity contribution in [1.82, 2.24) is 19.5 Å². The molecule has 0 aliphatic rings. The molecule has 3 N–H and O–H groups in total. The predicted molar refractivity (Wildman–Crippen MR) is 124 cm³/mol. The number of imidazole rings is 1. The van der Waals surface area contributed by atoms with Crippen molar-refractivity contribution >= 4 is 53.2 Å². The van der Waals surface area contributed by atoms with Gasteiger partial charge in [0.15, 0.2) is 19.5 Å². The summed E-state index contributed by atoms with van der Waals surface area (Å²) in [5, 5.41) is 0. The molecule has 0 saturated heterocycles. The van der Waals surface area contributed by atoms with Gasteiger partial charge in [0.25, 0.3) is 5.56 Å². The monoisotopic (exact) mass is 515 g/mol. The molecule has 3 rings (SSSR count). The van der Waals surface area contributed by atoms with E-state index in [9.17, 15) is 4.79 Å². The van der Waals surface area contributed by atoms with Gasteiger partial charge in [0.05, 0.1) is 26.1 Å². The van der Waals surface area contributed by atoms with Crippen LogP contribution in [0.15, 0.2) is 39.9 Å². The second-order valence-corrected chi connectivity index (χ2v) is 9.50. The first-order valence-corrected chi connectivity index (χ1v) is 12.7. The largest absolute Gasteiger partial charge is 0.370 e. The number of anilines is 1. The molecule has 1 atom stereocenters. The molecule has 2 heterocycles. The number of nitrogen functional groups attached to an aromatic ring is 1. The molecule has 0 saturated carbocycles. The number of thioether (sulfide) groups is 1. The Kier molecular flexibility index (Phi) is 9.10. The van der Waals surface area contributed by atoms with Crippen LogP contribution in [0.4, 0.5) is 5.95 Å². The number of benzene rings is 1. The zero-order chi connectivity index (χ0) is 21.3. The maximum Gasteiger partial charge on any atom is 0.280 e. The number of hydrogen-bond donors (Lipinski definition) is 2. The maximum atomic E-state index is 11.8. The van der Waals surface area contributed by atoms with E-state index in [2.05, 4.69) is 30.9 Å². The van der Waals surface area contributed by atoms with Crippen LogP contribution in [-0.2, 0) is 26.9 Å². The van der Waals surface area contributed by atoms with Gasteiger partial charge >= 0.3 is 0 Å². The normalized spacial score (nSPS) is 12.5. The molecule has 1 unspecified atom stereocenters. The zero-order valence-corrected chi connectivity index (χ0v) is 19.7. The maximum absolute atomic E-state index is 11.8. The summed E-state index contributed by atoms with van der Waals surface area (Å²) in [7, 11) is -1.19. The summed E-state index contributed by atoms with van der Waals surface area (Å²) in [4.78, 5) is 22.5. The third kappa shape index (κ3) is 6.76. The van der Waals surface area contributed by atoms with E-state index in [4.69, 9.17) is 19.5 Å². The molecular formula is C18H23BrN5O4PS. The summed E-state index contributed by atoms with van der Waals surface area (Å²) in [5.74, 6) is 0.948. The van der Waals surface area contributed by atoms with Crippen LogP contribution in [0, 0.1) is 0 Å². The molecule has 0 amide bonds. The molecule has 162 valence electrons. The highest BCUT2D eigenvalue weighted by atomic mass is 79.9. The lowest BCUT2D eigenvalue weighted by molar-refractivity contribution is 0.142. The van der Waals surface area contributed by atoms with E-state index in [1.165, 1.54) is 0 Å². The summed E-state index contributed by atoms with van der Waals surface area (Å²) in [6.45, 7) is 1.93. The van der Waals surface area contributed by atoms with Gasteiger partial charge < -0.3 is 24.1 Å². The Morgan fingerprint density at radius 1 is 1.33 bits per heavy atom. The number of H-pyrrole nitrogens is 1. The number of nitrogens with two attached hydrogens (primary N) is 1. The Hall–Kier alpha value is -1.49. The summed E-state index contributed by atoms with van der Waals surface area (Å²) in [6, 6.07) is 7.96. The van der Waals surface area contributed by atoms with Crippen molar-refractivity contribution in [2.24, 2.45) is 0 Å². The van der Waals surface area contributed by atoms with E-state index in [0.717, 1.165) is 15.8 Å². The first kappa shape index (κ1) is 23.2. The Morgan fingerprint density at radius 3 is 3.00 bits per heavy atom. The molecule has 3 aromatic rings. The van der Waals surface area contributed by atoms with Gasteiger partial charge in [-0.2, -0.15) is 16.7 Å². The molecule has 1 aromatic carbocycles. The number of ether oxygens (including phenoxy) is 1. The fourth-order valence-corrected chi connectivity index (χ4v) is 4.45. The van der Waals surface area contributed by atoms with Gasteiger partial charge in [-0.25, -0.2) is 4.98 Å². The first-order valence-electron chi connectivity index (χ1n) is 9.12. The van der Waals surface area contributed by atoms with Gasteiger partial charge in [0, 0.05) is 16.8 Å². The first-order chi connectivity index (χ1) is 14.6. The van der Waals surface area contributed by atoms with Gasteiger partial charge in [0.1, 0.15) is 6.35 Å². The number of aromatic amines is 1. The fraction of sp³-hybridized carbons (Fsp3) is 0.389. The Labute approximate surface area is 187 Å². The van der Waals surface area contributed by atoms with Crippen molar-refractivity contribution < 1.29 is 13.8 Å². The topological polar surface area (TPSA) is 117 Å². The zero-order valence-electron chi connectivity index (χ0n) is 16.4. The standard InChI is InChI=1S/C18H23BrN5O4PS/c1-30-8-7-27-29(28-10-13-3-2-4-14(19)9-13)12-26-6-5-24-11-21-15-16(24)22-18(20)23-17(15)25/h2-4,9,11H,5-8,10,12H2,1H3,(H3,20,22,23,25). The van der Waals surface area contributed by atoms with Gasteiger partial charge in [0.2, 0.25) is 5.95 Å². The van der Waals surface area contributed by atoms with Crippen LogP contribution in [0.2, 0.25) is 0 Å².